The minimum absolute atomic E-state index is 0.141. The standard InChI is InChI=1S/C34H34F2N8O/c35-26-5-3-22(4-6-26)32-33(43(20-38-32)27-10-13-42(14-11-27)18-25-16-21-1-2-23(25)15-21)28-7-8-31-39-30(19-44(31)41-28)40-34(45)24-9-12-37-29(36)17-24/h3-9,12,17,19-21,23,25,27H,1-2,10-11,13-16,18H2,(H,40,45)/t21-,23?,25?/m1/s1. The number of halogens is 2. The van der Waals surface area contributed by atoms with Gasteiger partial charge in [0.15, 0.2) is 11.5 Å². The Bertz CT molecular complexity index is 1860. The van der Waals surface area contributed by atoms with Crippen molar-refractivity contribution in [1.29, 1.82) is 0 Å². The lowest BCUT2D eigenvalue weighted by atomic mass is 9.88. The second kappa shape index (κ2) is 11.4. The fraction of sp³-hybridized carbons (Fsp3) is 0.382. The quantitative estimate of drug-likeness (QED) is 0.219. The SMILES string of the molecule is O=C(Nc1cn2nc(-c3c(-c4ccc(F)cc4)ncn3C3CCN(CC4C[C@@H]5CCC4C5)CC3)ccc2n1)c1ccnc(F)c1. The third-order valence-corrected chi connectivity index (χ3v) is 10.0. The predicted molar refractivity (Wildman–Crippen MR) is 165 cm³/mol. The Hall–Kier alpha value is -4.51. The maximum Gasteiger partial charge on any atom is 0.257 e. The van der Waals surface area contributed by atoms with Crippen molar-refractivity contribution in [3.63, 3.8) is 0 Å². The van der Waals surface area contributed by atoms with Gasteiger partial charge in [-0.1, -0.05) is 6.42 Å². The van der Waals surface area contributed by atoms with E-state index < -0.39 is 11.9 Å². The van der Waals surface area contributed by atoms with E-state index in [1.807, 2.05) is 18.5 Å². The summed E-state index contributed by atoms with van der Waals surface area (Å²) >= 11 is 0. The third-order valence-electron chi connectivity index (χ3n) is 10.0. The largest absolute Gasteiger partial charge is 0.326 e. The second-order valence-electron chi connectivity index (χ2n) is 12.8. The number of benzene rings is 1. The van der Waals surface area contributed by atoms with Crippen LogP contribution >= 0.6 is 0 Å². The fourth-order valence-corrected chi connectivity index (χ4v) is 7.82. The highest BCUT2D eigenvalue weighted by Gasteiger charge is 2.40. The highest BCUT2D eigenvalue weighted by Crippen LogP contribution is 2.48. The monoisotopic (exact) mass is 608 g/mol. The summed E-state index contributed by atoms with van der Waals surface area (Å²) in [5.74, 6) is 1.52. The third kappa shape index (κ3) is 5.50. The summed E-state index contributed by atoms with van der Waals surface area (Å²) in [6, 6.07) is 12.9. The normalized spacial score (nSPS) is 22.0. The molecule has 2 bridgehead atoms. The van der Waals surface area contributed by atoms with Crippen molar-refractivity contribution in [2.24, 2.45) is 17.8 Å². The highest BCUT2D eigenvalue weighted by molar-refractivity contribution is 6.03. The summed E-state index contributed by atoms with van der Waals surface area (Å²) in [4.78, 5) is 28.1. The Labute approximate surface area is 259 Å². The topological polar surface area (TPSA) is 93.2 Å². The average Bonchev–Trinajstić information content (AvgIpc) is 3.85. The van der Waals surface area contributed by atoms with Gasteiger partial charge in [-0.3, -0.25) is 4.79 Å². The Balaban J connectivity index is 1.07. The van der Waals surface area contributed by atoms with Crippen molar-refractivity contribution in [3.05, 3.63) is 84.6 Å². The van der Waals surface area contributed by atoms with Crippen molar-refractivity contribution in [2.75, 3.05) is 25.0 Å². The summed E-state index contributed by atoms with van der Waals surface area (Å²) in [6.45, 7) is 3.33. The van der Waals surface area contributed by atoms with Crippen molar-refractivity contribution in [2.45, 2.75) is 44.6 Å². The van der Waals surface area contributed by atoms with Crippen molar-refractivity contribution < 1.29 is 13.6 Å². The van der Waals surface area contributed by atoms with Crippen LogP contribution in [0.5, 0.6) is 0 Å². The Morgan fingerprint density at radius 2 is 1.80 bits per heavy atom. The lowest BCUT2D eigenvalue weighted by Gasteiger charge is -2.36. The molecule has 4 aromatic heterocycles. The van der Waals surface area contributed by atoms with Gasteiger partial charge in [0.2, 0.25) is 5.95 Å². The molecule has 3 aliphatic rings. The molecule has 8 rings (SSSR count). The lowest BCUT2D eigenvalue weighted by Crippen LogP contribution is -2.38. The predicted octanol–water partition coefficient (Wildman–Crippen LogP) is 6.26. The molecule has 45 heavy (non-hydrogen) atoms. The Morgan fingerprint density at radius 1 is 0.956 bits per heavy atom. The van der Waals surface area contributed by atoms with Crippen LogP contribution in [0.4, 0.5) is 14.6 Å². The molecule has 5 aromatic rings. The van der Waals surface area contributed by atoms with E-state index in [9.17, 15) is 13.6 Å². The van der Waals surface area contributed by atoms with Crippen LogP contribution in [-0.4, -0.2) is 59.6 Å². The van der Waals surface area contributed by atoms with E-state index in [1.54, 1.807) is 22.8 Å². The number of hydrogen-bond donors (Lipinski definition) is 1. The first-order valence-electron chi connectivity index (χ1n) is 15.8. The second-order valence-corrected chi connectivity index (χ2v) is 12.8. The number of fused-ring (bicyclic) bond motifs is 3. The van der Waals surface area contributed by atoms with Gasteiger partial charge in [0.25, 0.3) is 5.91 Å². The number of aromatic nitrogens is 6. The molecule has 2 unspecified atom stereocenters. The molecular weight excluding hydrogens is 574 g/mol. The number of carbonyl (C=O) groups is 1. The molecule has 3 atom stereocenters. The van der Waals surface area contributed by atoms with Crippen molar-refractivity contribution >= 4 is 17.4 Å². The minimum atomic E-state index is -0.733. The van der Waals surface area contributed by atoms with Crippen LogP contribution in [0.25, 0.3) is 28.3 Å². The maximum absolute atomic E-state index is 13.8. The van der Waals surface area contributed by atoms with Gasteiger partial charge < -0.3 is 14.8 Å². The number of nitrogens with one attached hydrogen (secondary N) is 1. The highest BCUT2D eigenvalue weighted by atomic mass is 19.1. The average molecular weight is 609 g/mol. The van der Waals surface area contributed by atoms with Gasteiger partial charge in [-0.05, 0) is 92.3 Å². The van der Waals surface area contributed by atoms with Gasteiger partial charge in [0.1, 0.15) is 11.5 Å². The molecular formula is C34H34F2N8O. The zero-order valence-electron chi connectivity index (χ0n) is 24.8. The van der Waals surface area contributed by atoms with Crippen LogP contribution in [0.3, 0.4) is 0 Å². The number of hydrogen-bond acceptors (Lipinski definition) is 6. The van der Waals surface area contributed by atoms with Crippen LogP contribution in [0.2, 0.25) is 0 Å². The van der Waals surface area contributed by atoms with Crippen LogP contribution in [-0.2, 0) is 0 Å². The number of carbonyl (C=O) groups excluding carboxylic acids is 1. The molecule has 2 saturated carbocycles. The Morgan fingerprint density at radius 3 is 2.56 bits per heavy atom. The molecule has 1 aliphatic heterocycles. The summed E-state index contributed by atoms with van der Waals surface area (Å²) in [5.41, 5.74) is 3.78. The van der Waals surface area contributed by atoms with Crippen molar-refractivity contribution in [1.82, 2.24) is 34.0 Å². The number of rotatable bonds is 7. The van der Waals surface area contributed by atoms with E-state index in [2.05, 4.69) is 24.8 Å². The zero-order chi connectivity index (χ0) is 30.5. The van der Waals surface area contributed by atoms with E-state index >= 15 is 0 Å². The molecule has 0 radical (unpaired) electrons. The molecule has 3 fully saturated rings. The van der Waals surface area contributed by atoms with Crippen LogP contribution in [0, 0.1) is 29.5 Å². The first kappa shape index (κ1) is 28.0. The molecule has 11 heteroatoms. The minimum Gasteiger partial charge on any atom is -0.326 e. The summed E-state index contributed by atoms with van der Waals surface area (Å²) in [5, 5.41) is 7.59. The molecule has 1 aromatic carbocycles. The molecule has 5 heterocycles. The zero-order valence-corrected chi connectivity index (χ0v) is 24.8. The van der Waals surface area contributed by atoms with Crippen molar-refractivity contribution in [3.8, 4) is 22.6 Å². The number of piperidine rings is 1. The van der Waals surface area contributed by atoms with Gasteiger partial charge >= 0.3 is 0 Å². The first-order valence-corrected chi connectivity index (χ1v) is 15.8. The maximum atomic E-state index is 13.8. The molecule has 0 spiro atoms. The van der Waals surface area contributed by atoms with Gasteiger partial charge in [0.05, 0.1) is 23.9 Å². The van der Waals surface area contributed by atoms with Crippen LogP contribution in [0.15, 0.2) is 67.3 Å². The summed E-state index contributed by atoms with van der Waals surface area (Å²) in [6.07, 6.45) is 12.5. The van der Waals surface area contributed by atoms with E-state index in [0.29, 0.717) is 11.3 Å². The number of imidazole rings is 2. The smallest absolute Gasteiger partial charge is 0.257 e. The number of amides is 1. The summed E-state index contributed by atoms with van der Waals surface area (Å²) < 4.78 is 31.2. The summed E-state index contributed by atoms with van der Waals surface area (Å²) in [7, 11) is 0. The van der Waals surface area contributed by atoms with Gasteiger partial charge in [-0.2, -0.15) is 9.49 Å². The number of likely N-dealkylation sites (tertiary alicyclic amines) is 1. The molecule has 2 aliphatic carbocycles. The number of pyridine rings is 1. The van der Waals surface area contributed by atoms with Gasteiger partial charge in [-0.15, -0.1) is 0 Å². The fourth-order valence-electron chi connectivity index (χ4n) is 7.82. The molecule has 1 amide bonds. The number of nitrogens with zero attached hydrogens (tertiary/aromatic N) is 7. The molecule has 1 N–H and O–H groups in total. The van der Waals surface area contributed by atoms with Gasteiger partial charge in [0, 0.05) is 49.1 Å². The van der Waals surface area contributed by atoms with E-state index in [4.69, 9.17) is 10.1 Å². The van der Waals surface area contributed by atoms with E-state index in [0.717, 1.165) is 66.7 Å². The van der Waals surface area contributed by atoms with E-state index in [1.165, 1.54) is 56.6 Å². The molecule has 230 valence electrons. The lowest BCUT2D eigenvalue weighted by molar-refractivity contribution is 0.102. The van der Waals surface area contributed by atoms with Crippen LogP contribution < -0.4 is 5.32 Å². The Kier molecular flexibility index (Phi) is 7.12. The van der Waals surface area contributed by atoms with E-state index in [-0.39, 0.29) is 23.2 Å². The molecule has 9 nitrogen and oxygen atoms in total. The molecule has 1 saturated heterocycles. The van der Waals surface area contributed by atoms with Gasteiger partial charge in [-0.25, -0.2) is 23.9 Å². The first-order chi connectivity index (χ1) is 22.0. The number of anilines is 1. The van der Waals surface area contributed by atoms with Crippen LogP contribution in [0.1, 0.15) is 54.9 Å².